The molecule has 3 unspecified atom stereocenters. The lowest BCUT2D eigenvalue weighted by Crippen LogP contribution is -2.59. The van der Waals surface area contributed by atoms with Crippen molar-refractivity contribution < 1.29 is 13.2 Å². The largest absolute Gasteiger partial charge is 0.365 e. The first-order valence-corrected chi connectivity index (χ1v) is 15.7. The number of hydrogen-bond donors (Lipinski definition) is 0. The van der Waals surface area contributed by atoms with E-state index in [2.05, 4.69) is 34.6 Å². The summed E-state index contributed by atoms with van der Waals surface area (Å²) >= 11 is 0. The van der Waals surface area contributed by atoms with E-state index in [4.69, 9.17) is 4.74 Å². The van der Waals surface area contributed by atoms with Crippen LogP contribution in [-0.2, 0) is 14.6 Å². The Morgan fingerprint density at radius 3 is 2.41 bits per heavy atom. The average Bonchev–Trinajstić information content (AvgIpc) is 3.27. The van der Waals surface area contributed by atoms with Crippen LogP contribution in [0.15, 0.2) is 0 Å². The zero-order valence-electron chi connectivity index (χ0n) is 21.5. The summed E-state index contributed by atoms with van der Waals surface area (Å²) in [5, 5.41) is -0.187. The monoisotopic (exact) mass is 464 g/mol. The molecular formula is C28H48O3S. The van der Waals surface area contributed by atoms with Gasteiger partial charge in [-0.2, -0.15) is 0 Å². The molecule has 0 aromatic heterocycles. The molecule has 4 saturated carbocycles. The molecule has 5 fully saturated rings. The van der Waals surface area contributed by atoms with Crippen molar-refractivity contribution in [3.8, 4) is 0 Å². The summed E-state index contributed by atoms with van der Waals surface area (Å²) in [6.07, 6.45) is 15.3. The Morgan fingerprint density at radius 2 is 1.72 bits per heavy atom. The smallest absolute Gasteiger partial charge is 0.150 e. The van der Waals surface area contributed by atoms with Crippen LogP contribution < -0.4 is 0 Å². The fraction of sp³-hybridized carbons (Fsp3) is 1.00. The van der Waals surface area contributed by atoms with E-state index >= 15 is 0 Å². The summed E-state index contributed by atoms with van der Waals surface area (Å²) in [4.78, 5) is 0. The van der Waals surface area contributed by atoms with Gasteiger partial charge in [-0.1, -0.05) is 53.9 Å². The van der Waals surface area contributed by atoms with Crippen LogP contribution in [0.4, 0.5) is 0 Å². The predicted octanol–water partition coefficient (Wildman–Crippen LogP) is 6.65. The summed E-state index contributed by atoms with van der Waals surface area (Å²) in [5.41, 5.74) is 0.563. The Bertz CT molecular complexity index is 836. The Labute approximate surface area is 197 Å². The van der Waals surface area contributed by atoms with Gasteiger partial charge in [0.15, 0.2) is 0 Å². The second-order valence-corrected chi connectivity index (χ2v) is 16.1. The maximum Gasteiger partial charge on any atom is 0.150 e. The Kier molecular flexibility index (Phi) is 5.69. The van der Waals surface area contributed by atoms with Crippen molar-refractivity contribution in [3.63, 3.8) is 0 Å². The fourth-order valence-electron chi connectivity index (χ4n) is 10.0. The van der Waals surface area contributed by atoms with Crippen LogP contribution in [0.3, 0.4) is 0 Å². The van der Waals surface area contributed by atoms with Crippen molar-refractivity contribution in [1.29, 1.82) is 0 Å². The summed E-state index contributed by atoms with van der Waals surface area (Å²) in [6, 6.07) is 0. The van der Waals surface area contributed by atoms with E-state index in [0.29, 0.717) is 11.5 Å². The van der Waals surface area contributed by atoms with Gasteiger partial charge in [-0.25, -0.2) is 8.42 Å². The van der Waals surface area contributed by atoms with E-state index in [1.54, 1.807) is 0 Å². The number of epoxide rings is 1. The molecule has 3 nitrogen and oxygen atoms in total. The van der Waals surface area contributed by atoms with Crippen LogP contribution in [0.1, 0.15) is 105 Å². The van der Waals surface area contributed by atoms with Gasteiger partial charge in [-0.3, -0.25) is 0 Å². The number of hydrogen-bond acceptors (Lipinski definition) is 3. The van der Waals surface area contributed by atoms with E-state index < -0.39 is 9.84 Å². The van der Waals surface area contributed by atoms with Gasteiger partial charge in [0.2, 0.25) is 0 Å². The molecule has 32 heavy (non-hydrogen) atoms. The molecule has 0 radical (unpaired) electrons. The Morgan fingerprint density at radius 1 is 0.969 bits per heavy atom. The quantitative estimate of drug-likeness (QED) is 0.413. The standard InChI is InChI=1S/C28H48O3S/c1-18(2)8-7-9-19(3)22-10-11-23-21-16-25-28(31-25)17-20(32(6,29)30)12-15-27(28,5)24(21)13-14-26(22,23)4/h18-25H,7-17H2,1-6H3/t19?,20-,21-,22+,23-,24-,25?,26+,27+,28?/m0/s1. The third-order valence-corrected chi connectivity index (χ3v) is 13.5. The second kappa shape index (κ2) is 7.70. The molecular weight excluding hydrogens is 416 g/mol. The molecule has 4 heteroatoms. The molecule has 5 aliphatic rings. The van der Waals surface area contributed by atoms with Gasteiger partial charge in [-0.05, 0) is 92.3 Å². The maximum absolute atomic E-state index is 12.4. The summed E-state index contributed by atoms with van der Waals surface area (Å²) in [6.45, 7) is 12.4. The normalized spacial score (nSPS) is 50.8. The summed E-state index contributed by atoms with van der Waals surface area (Å²) in [7, 11) is -2.98. The third kappa shape index (κ3) is 3.39. The molecule has 0 aromatic carbocycles. The topological polar surface area (TPSA) is 46.7 Å². The maximum atomic E-state index is 12.4. The number of rotatable bonds is 6. The van der Waals surface area contributed by atoms with E-state index in [9.17, 15) is 8.42 Å². The van der Waals surface area contributed by atoms with Crippen molar-refractivity contribution in [2.75, 3.05) is 6.26 Å². The molecule has 1 spiro atoms. The highest BCUT2D eigenvalue weighted by Gasteiger charge is 2.76. The van der Waals surface area contributed by atoms with Crippen LogP contribution in [0.5, 0.6) is 0 Å². The van der Waals surface area contributed by atoms with Crippen LogP contribution >= 0.6 is 0 Å². The van der Waals surface area contributed by atoms with Crippen LogP contribution in [0, 0.1) is 46.3 Å². The first kappa shape index (κ1) is 23.6. The molecule has 4 aliphatic carbocycles. The van der Waals surface area contributed by atoms with Crippen LogP contribution in [0.2, 0.25) is 0 Å². The molecule has 184 valence electrons. The van der Waals surface area contributed by atoms with E-state index in [1.807, 2.05) is 0 Å². The Hall–Kier alpha value is -0.0900. The average molecular weight is 465 g/mol. The molecule has 0 aromatic rings. The molecule has 1 aliphatic heterocycles. The first-order valence-electron chi connectivity index (χ1n) is 13.8. The minimum Gasteiger partial charge on any atom is -0.365 e. The van der Waals surface area contributed by atoms with E-state index in [0.717, 1.165) is 54.8 Å². The van der Waals surface area contributed by atoms with Crippen molar-refractivity contribution >= 4 is 9.84 Å². The minimum atomic E-state index is -2.98. The predicted molar refractivity (Wildman–Crippen MR) is 131 cm³/mol. The lowest BCUT2D eigenvalue weighted by molar-refractivity contribution is -0.0996. The van der Waals surface area contributed by atoms with Crippen LogP contribution in [0.25, 0.3) is 0 Å². The second-order valence-electron chi connectivity index (χ2n) is 13.8. The van der Waals surface area contributed by atoms with Gasteiger partial charge >= 0.3 is 0 Å². The van der Waals surface area contributed by atoms with Gasteiger partial charge in [0.25, 0.3) is 0 Å². The highest BCUT2D eigenvalue weighted by atomic mass is 32.2. The zero-order chi connectivity index (χ0) is 23.1. The molecule has 0 amide bonds. The van der Waals surface area contributed by atoms with Gasteiger partial charge in [0.05, 0.1) is 11.4 Å². The fourth-order valence-corrected chi connectivity index (χ4v) is 11.1. The number of ether oxygens (including phenoxy) is 1. The molecule has 5 rings (SSSR count). The summed E-state index contributed by atoms with van der Waals surface area (Å²) < 4.78 is 31.3. The van der Waals surface area contributed by atoms with Crippen LogP contribution in [-0.4, -0.2) is 31.6 Å². The van der Waals surface area contributed by atoms with Gasteiger partial charge in [0.1, 0.15) is 15.4 Å². The SMILES string of the molecule is CC(C)CCCC(C)[C@H]1CC[C@H]2[C@@H]3CC4OC45C[C@@H](S(C)(=O)=O)CC[C@]5(C)[C@H]3CC[C@]12C. The zero-order valence-corrected chi connectivity index (χ0v) is 22.3. The van der Waals surface area contributed by atoms with E-state index in [-0.39, 0.29) is 16.3 Å². The molecule has 1 saturated heterocycles. The molecule has 1 heterocycles. The molecule has 0 N–H and O–H groups in total. The number of fused-ring (bicyclic) bond motifs is 4. The molecule has 10 atom stereocenters. The third-order valence-electron chi connectivity index (χ3n) is 11.8. The minimum absolute atomic E-state index is 0.129. The Balaban J connectivity index is 1.33. The lowest BCUT2D eigenvalue weighted by atomic mass is 9.44. The van der Waals surface area contributed by atoms with Crippen molar-refractivity contribution in [2.24, 2.45) is 46.3 Å². The summed E-state index contributed by atoms with van der Waals surface area (Å²) in [5.74, 6) is 4.94. The highest BCUT2D eigenvalue weighted by molar-refractivity contribution is 7.91. The van der Waals surface area contributed by atoms with Crippen molar-refractivity contribution in [3.05, 3.63) is 0 Å². The highest BCUT2D eigenvalue weighted by Crippen LogP contribution is 2.74. The first-order chi connectivity index (χ1) is 14.9. The van der Waals surface area contributed by atoms with Crippen molar-refractivity contribution in [2.45, 2.75) is 122 Å². The lowest BCUT2D eigenvalue weighted by Gasteiger charge is -2.59. The van der Waals surface area contributed by atoms with Gasteiger partial charge in [-0.15, -0.1) is 0 Å². The molecule has 0 bridgehead atoms. The number of sulfone groups is 1. The van der Waals surface area contributed by atoms with Gasteiger partial charge < -0.3 is 4.74 Å². The van der Waals surface area contributed by atoms with E-state index in [1.165, 1.54) is 57.6 Å². The van der Waals surface area contributed by atoms with Crippen molar-refractivity contribution in [1.82, 2.24) is 0 Å². The van der Waals surface area contributed by atoms with Gasteiger partial charge in [0, 0.05) is 11.7 Å².